The molecule has 1 aromatic rings. The molecule has 3 N–H and O–H groups in total. The van der Waals surface area contributed by atoms with E-state index < -0.39 is 90.7 Å². The SMILES string of the molecule is Br.CC1(C)S[C@@H]2C(NC(=O)C(N)c3ccccc3)C(=O)N2[C@H]1C(=O)OCOC(=O)[C@@H]1N2C(=O)C[C@H]2S(=O)(=O)C1(C)C. The van der Waals surface area contributed by atoms with Crippen molar-refractivity contribution in [1.29, 1.82) is 0 Å². The smallest absolute Gasteiger partial charge is 0.333 e. The van der Waals surface area contributed by atoms with E-state index in [1.54, 1.807) is 44.2 Å². The molecule has 2 unspecified atom stereocenters. The van der Waals surface area contributed by atoms with Gasteiger partial charge in [-0.15, -0.1) is 28.7 Å². The number of hydrogen-bond donors (Lipinski definition) is 2. The number of nitrogens with zero attached hydrogens (tertiary/aromatic N) is 2. The third-order valence-corrected chi connectivity index (χ3v) is 12.4. The molecule has 16 heteroatoms. The molecule has 4 aliphatic rings. The van der Waals surface area contributed by atoms with Crippen molar-refractivity contribution in [3.8, 4) is 0 Å². The zero-order chi connectivity index (χ0) is 29.4. The van der Waals surface area contributed by atoms with Gasteiger partial charge in [-0.2, -0.15) is 0 Å². The van der Waals surface area contributed by atoms with Crippen molar-refractivity contribution in [3.63, 3.8) is 0 Å². The van der Waals surface area contributed by atoms with E-state index in [2.05, 4.69) is 5.32 Å². The van der Waals surface area contributed by atoms with Crippen LogP contribution >= 0.6 is 28.7 Å². The molecule has 0 aromatic heterocycles. The van der Waals surface area contributed by atoms with Gasteiger partial charge in [-0.05, 0) is 33.3 Å². The quantitative estimate of drug-likeness (QED) is 0.225. The molecule has 0 spiro atoms. The van der Waals surface area contributed by atoms with Gasteiger partial charge in [0.2, 0.25) is 24.5 Å². The van der Waals surface area contributed by atoms with Crippen LogP contribution in [0, 0.1) is 0 Å². The Balaban J connectivity index is 0.00000387. The lowest BCUT2D eigenvalue weighted by Crippen LogP contribution is -2.71. The molecule has 1 aromatic carbocycles. The second-order valence-corrected chi connectivity index (χ2v) is 15.6. The van der Waals surface area contributed by atoms with Crippen LogP contribution < -0.4 is 11.1 Å². The van der Waals surface area contributed by atoms with Gasteiger partial charge >= 0.3 is 11.9 Å². The summed E-state index contributed by atoms with van der Waals surface area (Å²) in [6, 6.07) is 4.45. The number of sulfone groups is 1. The van der Waals surface area contributed by atoms with E-state index in [1.165, 1.54) is 30.5 Å². The monoisotopic (exact) mass is 674 g/mol. The molecule has 6 atom stereocenters. The average Bonchev–Trinajstić information content (AvgIpc) is 3.22. The average molecular weight is 676 g/mol. The number of carbonyl (C=O) groups excluding carboxylic acids is 5. The number of thioether (sulfide) groups is 1. The minimum absolute atomic E-state index is 0. The van der Waals surface area contributed by atoms with Gasteiger partial charge < -0.3 is 30.3 Å². The Morgan fingerprint density at radius 2 is 1.63 bits per heavy atom. The highest BCUT2D eigenvalue weighted by atomic mass is 79.9. The molecule has 4 fully saturated rings. The minimum Gasteiger partial charge on any atom is -0.426 e. The van der Waals surface area contributed by atoms with Crippen LogP contribution in [0.25, 0.3) is 0 Å². The van der Waals surface area contributed by atoms with Crippen LogP contribution in [-0.4, -0.2) is 93.0 Å². The van der Waals surface area contributed by atoms with Crippen LogP contribution in [0.15, 0.2) is 30.3 Å². The van der Waals surface area contributed by atoms with E-state index >= 15 is 0 Å². The van der Waals surface area contributed by atoms with E-state index in [4.69, 9.17) is 15.2 Å². The third-order valence-electron chi connectivity index (χ3n) is 8.00. The summed E-state index contributed by atoms with van der Waals surface area (Å²) in [5.41, 5.74) is 6.64. The number of amides is 3. The number of hydrogen-bond acceptors (Lipinski definition) is 11. The first-order chi connectivity index (χ1) is 18.6. The van der Waals surface area contributed by atoms with Crippen molar-refractivity contribution in [1.82, 2.24) is 15.1 Å². The normalized spacial score (nSPS) is 30.5. The standard InChI is InChI=1S/C25H30N4O9S2.BrH/c1-24(2)17(29-20(32)16(21(29)39-24)27-19(31)15(26)12-8-6-5-7-9-12)22(33)37-11-38-23(34)18-25(3,4)40(35,36)14-10-13(30)28(14)18;/h5-9,14-18,21H,10-11,26H2,1-4H3,(H,27,31);1H/t14-,15?,16?,17+,18+,21-;/m1./s1. The molecule has 13 nitrogen and oxygen atoms in total. The number of halogens is 1. The second kappa shape index (κ2) is 10.5. The molecule has 0 bridgehead atoms. The summed E-state index contributed by atoms with van der Waals surface area (Å²) in [5.74, 6) is -3.32. The van der Waals surface area contributed by atoms with Crippen LogP contribution in [0.2, 0.25) is 0 Å². The number of β-lactam (4-membered cyclic amide) rings is 2. The van der Waals surface area contributed by atoms with Gasteiger partial charge in [0.05, 0.1) is 11.2 Å². The van der Waals surface area contributed by atoms with Gasteiger partial charge in [0.1, 0.15) is 34.9 Å². The first-order valence-corrected chi connectivity index (χ1v) is 15.0. The van der Waals surface area contributed by atoms with Gasteiger partial charge in [-0.3, -0.25) is 14.4 Å². The lowest BCUT2D eigenvalue weighted by atomic mass is 9.95. The summed E-state index contributed by atoms with van der Waals surface area (Å²) in [6.07, 6.45) is -0.191. The lowest BCUT2D eigenvalue weighted by Gasteiger charge is -2.44. The van der Waals surface area contributed by atoms with Gasteiger partial charge in [0.15, 0.2) is 9.84 Å². The Bertz CT molecular complexity index is 1400. The van der Waals surface area contributed by atoms with E-state index in [0.717, 1.165) is 4.90 Å². The topological polar surface area (TPSA) is 182 Å². The number of esters is 2. The Morgan fingerprint density at radius 1 is 1.05 bits per heavy atom. The van der Waals surface area contributed by atoms with Crippen molar-refractivity contribution in [2.24, 2.45) is 5.73 Å². The van der Waals surface area contributed by atoms with Crippen LogP contribution in [-0.2, 0) is 43.3 Å². The molecule has 4 saturated heterocycles. The number of ether oxygens (including phenoxy) is 2. The van der Waals surface area contributed by atoms with Crippen molar-refractivity contribution < 1.29 is 41.9 Å². The van der Waals surface area contributed by atoms with Crippen molar-refractivity contribution in [2.75, 3.05) is 6.79 Å². The molecule has 41 heavy (non-hydrogen) atoms. The van der Waals surface area contributed by atoms with Gasteiger partial charge in [0, 0.05) is 4.75 Å². The summed E-state index contributed by atoms with van der Waals surface area (Å²) in [5, 5.41) is 1.07. The van der Waals surface area contributed by atoms with Crippen molar-refractivity contribution >= 4 is 68.2 Å². The van der Waals surface area contributed by atoms with Crippen LogP contribution in [0.1, 0.15) is 45.7 Å². The van der Waals surface area contributed by atoms with Gasteiger partial charge in [0.25, 0.3) is 0 Å². The van der Waals surface area contributed by atoms with Gasteiger partial charge in [-0.1, -0.05) is 30.3 Å². The molecular formula is C25H31BrN4O9S2. The molecule has 4 aliphatic heterocycles. The van der Waals surface area contributed by atoms with Crippen molar-refractivity contribution in [2.45, 2.75) is 78.5 Å². The number of benzene rings is 1. The summed E-state index contributed by atoms with van der Waals surface area (Å²) in [4.78, 5) is 65.9. The zero-order valence-corrected chi connectivity index (χ0v) is 26.0. The molecule has 4 heterocycles. The Labute approximate surface area is 251 Å². The number of nitrogens with one attached hydrogen (secondary N) is 1. The molecule has 0 aliphatic carbocycles. The van der Waals surface area contributed by atoms with E-state index in [-0.39, 0.29) is 23.4 Å². The summed E-state index contributed by atoms with van der Waals surface area (Å²) < 4.78 is 33.3. The highest BCUT2D eigenvalue weighted by Gasteiger charge is 2.68. The van der Waals surface area contributed by atoms with Crippen LogP contribution in [0.3, 0.4) is 0 Å². The molecule has 0 radical (unpaired) electrons. The molecule has 224 valence electrons. The number of rotatable bonds is 7. The predicted molar refractivity (Wildman–Crippen MR) is 151 cm³/mol. The number of nitrogens with two attached hydrogens (primary N) is 1. The highest BCUT2D eigenvalue weighted by molar-refractivity contribution is 8.93. The number of fused-ring (bicyclic) bond motifs is 2. The van der Waals surface area contributed by atoms with Crippen LogP contribution in [0.4, 0.5) is 0 Å². The summed E-state index contributed by atoms with van der Waals surface area (Å²) >= 11 is 1.31. The lowest BCUT2D eigenvalue weighted by molar-refractivity contribution is -0.181. The third kappa shape index (κ3) is 4.72. The maximum Gasteiger partial charge on any atom is 0.333 e. The first-order valence-electron chi connectivity index (χ1n) is 12.6. The Kier molecular flexibility index (Phi) is 8.03. The highest BCUT2D eigenvalue weighted by Crippen LogP contribution is 2.51. The predicted octanol–water partition coefficient (Wildman–Crippen LogP) is -0.0107. The molecule has 0 saturated carbocycles. The fourth-order valence-corrected chi connectivity index (χ4v) is 9.44. The minimum atomic E-state index is -3.80. The fourth-order valence-electron chi connectivity index (χ4n) is 5.69. The maximum absolute atomic E-state index is 13.0. The molecule has 5 rings (SSSR count). The molecular weight excluding hydrogens is 644 g/mol. The fraction of sp³-hybridized carbons (Fsp3) is 0.560. The summed E-state index contributed by atoms with van der Waals surface area (Å²) in [7, 11) is -3.80. The Morgan fingerprint density at radius 3 is 2.22 bits per heavy atom. The first kappa shape index (κ1) is 31.3. The Hall–Kier alpha value is -2.69. The van der Waals surface area contributed by atoms with E-state index in [0.29, 0.717) is 5.56 Å². The van der Waals surface area contributed by atoms with Crippen LogP contribution in [0.5, 0.6) is 0 Å². The second-order valence-electron chi connectivity index (χ2n) is 11.2. The number of carbonyl (C=O) groups is 5. The van der Waals surface area contributed by atoms with Gasteiger partial charge in [-0.25, -0.2) is 18.0 Å². The molecule has 3 amide bonds. The van der Waals surface area contributed by atoms with Crippen molar-refractivity contribution in [3.05, 3.63) is 35.9 Å². The maximum atomic E-state index is 13.0. The largest absolute Gasteiger partial charge is 0.426 e. The van der Waals surface area contributed by atoms with E-state index in [9.17, 15) is 32.4 Å². The zero-order valence-electron chi connectivity index (χ0n) is 22.6. The van der Waals surface area contributed by atoms with E-state index in [1.807, 2.05) is 0 Å². The summed E-state index contributed by atoms with van der Waals surface area (Å²) in [6.45, 7) is 5.37.